The molecule has 0 aliphatic carbocycles. The Bertz CT molecular complexity index is 683. The highest BCUT2D eigenvalue weighted by Gasteiger charge is 2.11. The summed E-state index contributed by atoms with van der Waals surface area (Å²) in [5.74, 6) is 0.163. The molecular formula is C16H21N3O3. The minimum Gasteiger partial charge on any atom is -0.409 e. The quantitative estimate of drug-likeness (QED) is 0.291. The second-order valence-corrected chi connectivity index (χ2v) is 4.99. The van der Waals surface area contributed by atoms with Crippen molar-refractivity contribution in [3.05, 3.63) is 35.5 Å². The zero-order chi connectivity index (χ0) is 16.5. The predicted molar refractivity (Wildman–Crippen MR) is 83.7 cm³/mol. The van der Waals surface area contributed by atoms with Crippen LogP contribution in [0.3, 0.4) is 0 Å². The molecule has 0 fully saturated rings. The fraction of sp³-hybridized carbons (Fsp3) is 0.375. The number of hydrogen-bond donors (Lipinski definition) is 2. The van der Waals surface area contributed by atoms with Crippen LogP contribution in [0.2, 0.25) is 0 Å². The lowest BCUT2D eigenvalue weighted by molar-refractivity contribution is -0.191. The van der Waals surface area contributed by atoms with E-state index in [-0.39, 0.29) is 12.0 Å². The molecule has 0 aliphatic heterocycles. The average Bonchev–Trinajstić information content (AvgIpc) is 2.90. The molecule has 0 bridgehead atoms. The van der Waals surface area contributed by atoms with Gasteiger partial charge in [-0.3, -0.25) is 0 Å². The number of nitrogens with zero attached hydrogens (tertiary/aromatic N) is 2. The molecule has 3 N–H and O–H groups in total. The van der Waals surface area contributed by atoms with Gasteiger partial charge < -0.3 is 15.5 Å². The lowest BCUT2D eigenvalue weighted by Crippen LogP contribution is -2.13. The highest BCUT2D eigenvalue weighted by Crippen LogP contribution is 2.25. The van der Waals surface area contributed by atoms with Crippen molar-refractivity contribution in [3.63, 3.8) is 0 Å². The summed E-state index contributed by atoms with van der Waals surface area (Å²) in [5, 5.41) is 13.0. The molecule has 0 spiro atoms. The van der Waals surface area contributed by atoms with Gasteiger partial charge in [-0.25, -0.2) is 0 Å². The van der Waals surface area contributed by atoms with Gasteiger partial charge in [-0.15, -0.1) is 0 Å². The van der Waals surface area contributed by atoms with E-state index in [1.54, 1.807) is 0 Å². The van der Waals surface area contributed by atoms with Gasteiger partial charge in [0.1, 0.15) is 0 Å². The second-order valence-electron chi connectivity index (χ2n) is 4.99. The van der Waals surface area contributed by atoms with Gasteiger partial charge in [0, 0.05) is 24.2 Å². The van der Waals surface area contributed by atoms with Crippen molar-refractivity contribution in [3.8, 4) is 0 Å². The van der Waals surface area contributed by atoms with Crippen LogP contribution in [0.5, 0.6) is 0 Å². The maximum absolute atomic E-state index is 8.85. The molecule has 1 aromatic heterocycles. The van der Waals surface area contributed by atoms with E-state index < -0.39 is 0 Å². The number of carbonyl (C=O) groups excluding carboxylic acids is 2. The molecule has 0 unspecified atom stereocenters. The fourth-order valence-electron chi connectivity index (χ4n) is 2.54. The van der Waals surface area contributed by atoms with Crippen LogP contribution in [-0.2, 0) is 23.1 Å². The van der Waals surface area contributed by atoms with E-state index in [4.69, 9.17) is 20.5 Å². The van der Waals surface area contributed by atoms with Crippen LogP contribution >= 0.6 is 0 Å². The Morgan fingerprint density at radius 1 is 1.32 bits per heavy atom. The molecule has 1 aromatic carbocycles. The van der Waals surface area contributed by atoms with Gasteiger partial charge in [0.25, 0.3) is 0 Å². The third-order valence-corrected chi connectivity index (χ3v) is 3.55. The monoisotopic (exact) mass is 303 g/mol. The number of benzene rings is 1. The number of aromatic nitrogens is 1. The summed E-state index contributed by atoms with van der Waals surface area (Å²) in [4.78, 5) is 16.2. The lowest BCUT2D eigenvalue weighted by atomic mass is 10.0. The number of rotatable bonds is 5. The van der Waals surface area contributed by atoms with Gasteiger partial charge in [-0.2, -0.15) is 9.59 Å². The first-order chi connectivity index (χ1) is 10.6. The molecular weight excluding hydrogens is 282 g/mol. The molecule has 0 saturated heterocycles. The summed E-state index contributed by atoms with van der Waals surface area (Å²) < 4.78 is 2.10. The van der Waals surface area contributed by atoms with Crippen LogP contribution in [0.4, 0.5) is 0 Å². The third-order valence-electron chi connectivity index (χ3n) is 3.55. The number of oxime groups is 1. The second kappa shape index (κ2) is 8.64. The summed E-state index contributed by atoms with van der Waals surface area (Å²) in [5.41, 5.74) is 9.03. The van der Waals surface area contributed by atoms with E-state index in [9.17, 15) is 0 Å². The number of amidine groups is 1. The molecule has 0 saturated carbocycles. The van der Waals surface area contributed by atoms with Crippen molar-refractivity contribution in [2.45, 2.75) is 32.6 Å². The summed E-state index contributed by atoms with van der Waals surface area (Å²) >= 11 is 0. The molecule has 0 aliphatic rings. The molecule has 2 aromatic rings. The zero-order valence-corrected chi connectivity index (χ0v) is 12.9. The van der Waals surface area contributed by atoms with E-state index in [0.717, 1.165) is 17.4 Å². The number of hydrogen-bond acceptors (Lipinski definition) is 4. The van der Waals surface area contributed by atoms with E-state index in [2.05, 4.69) is 22.7 Å². The van der Waals surface area contributed by atoms with Crippen LogP contribution in [0.1, 0.15) is 37.3 Å². The normalized spacial score (nSPS) is 10.9. The third kappa shape index (κ3) is 3.96. The van der Waals surface area contributed by atoms with E-state index in [1.807, 2.05) is 25.4 Å². The van der Waals surface area contributed by atoms with Crippen LogP contribution in [0.15, 0.2) is 29.6 Å². The highest BCUT2D eigenvalue weighted by molar-refractivity contribution is 6.09. The van der Waals surface area contributed by atoms with E-state index >= 15 is 0 Å². The van der Waals surface area contributed by atoms with Crippen molar-refractivity contribution in [1.29, 1.82) is 0 Å². The van der Waals surface area contributed by atoms with Gasteiger partial charge in [-0.1, -0.05) is 37.1 Å². The van der Waals surface area contributed by atoms with Crippen LogP contribution in [-0.4, -0.2) is 21.8 Å². The Labute approximate surface area is 129 Å². The van der Waals surface area contributed by atoms with Gasteiger partial charge >= 0.3 is 6.15 Å². The molecule has 22 heavy (non-hydrogen) atoms. The first kappa shape index (κ1) is 17.5. The molecule has 1 heterocycles. The predicted octanol–water partition coefficient (Wildman–Crippen LogP) is 2.42. The maximum Gasteiger partial charge on any atom is 0.373 e. The van der Waals surface area contributed by atoms with Crippen LogP contribution in [0.25, 0.3) is 10.9 Å². The smallest absolute Gasteiger partial charge is 0.373 e. The minimum atomic E-state index is 0.163. The minimum absolute atomic E-state index is 0.163. The summed E-state index contributed by atoms with van der Waals surface area (Å²) in [7, 11) is 2.03. The number of fused-ring (bicyclic) bond motifs is 1. The molecule has 118 valence electrons. The van der Waals surface area contributed by atoms with E-state index in [1.165, 1.54) is 30.3 Å². The first-order valence-electron chi connectivity index (χ1n) is 7.14. The fourth-order valence-corrected chi connectivity index (χ4v) is 2.54. The zero-order valence-electron chi connectivity index (χ0n) is 12.9. The first-order valence-corrected chi connectivity index (χ1v) is 7.14. The summed E-state index contributed by atoms with van der Waals surface area (Å²) in [6, 6.07) is 6.05. The Kier molecular flexibility index (Phi) is 6.86. The van der Waals surface area contributed by atoms with Crippen molar-refractivity contribution in [2.75, 3.05) is 0 Å². The number of aryl methyl sites for hydroxylation is 2. The molecule has 0 atom stereocenters. The van der Waals surface area contributed by atoms with Gasteiger partial charge in [-0.05, 0) is 24.5 Å². The average molecular weight is 303 g/mol. The molecule has 6 nitrogen and oxygen atoms in total. The Hall–Kier alpha value is -2.59. The van der Waals surface area contributed by atoms with Crippen LogP contribution in [0, 0.1) is 0 Å². The SMILES string of the molecule is CCCCCc1ccc(/C(N)=N/O)c2ccn(C)c12.O=C=O. The molecule has 0 radical (unpaired) electrons. The molecule has 2 rings (SSSR count). The van der Waals surface area contributed by atoms with Gasteiger partial charge in [0.15, 0.2) is 5.84 Å². The standard InChI is InChI=1S/C15H21N3O.CO2/c1-3-4-5-6-11-7-8-13(15(16)17-19)12-9-10-18(2)14(11)12;2-1-3/h7-10,19H,3-6H2,1-2H3,(H2,16,17);. The lowest BCUT2D eigenvalue weighted by Gasteiger charge is -2.09. The topological polar surface area (TPSA) is 97.7 Å². The van der Waals surface area contributed by atoms with Gasteiger partial charge in [0.2, 0.25) is 0 Å². The maximum atomic E-state index is 8.85. The largest absolute Gasteiger partial charge is 0.409 e. The van der Waals surface area contributed by atoms with Crippen molar-refractivity contribution < 1.29 is 14.8 Å². The highest BCUT2D eigenvalue weighted by atomic mass is 16.4. The molecule has 0 amide bonds. The summed E-state index contributed by atoms with van der Waals surface area (Å²) in [6.45, 7) is 2.21. The number of nitrogens with two attached hydrogens (primary N) is 1. The van der Waals surface area contributed by atoms with Crippen molar-refractivity contribution in [1.82, 2.24) is 4.57 Å². The van der Waals surface area contributed by atoms with Crippen LogP contribution < -0.4 is 5.73 Å². The van der Waals surface area contributed by atoms with Gasteiger partial charge in [0.05, 0.1) is 5.52 Å². The Balaban J connectivity index is 0.000000745. The Morgan fingerprint density at radius 3 is 2.59 bits per heavy atom. The van der Waals surface area contributed by atoms with E-state index in [0.29, 0.717) is 0 Å². The number of unbranched alkanes of at least 4 members (excludes halogenated alkanes) is 2. The van der Waals surface area contributed by atoms with Crippen molar-refractivity contribution >= 4 is 22.9 Å². The molecule has 6 heteroatoms. The van der Waals surface area contributed by atoms with Crippen molar-refractivity contribution in [2.24, 2.45) is 17.9 Å². The Morgan fingerprint density at radius 2 is 2.00 bits per heavy atom. The summed E-state index contributed by atoms with van der Waals surface area (Å²) in [6.07, 6.45) is 6.99.